The van der Waals surface area contributed by atoms with E-state index in [1.165, 1.54) is 0 Å². The SMILES string of the molecule is Cc1onc(-c2ccc(I)cc2)c1C(=O)CBr. The number of alkyl halides is 1. The predicted molar refractivity (Wildman–Crippen MR) is 77.5 cm³/mol. The van der Waals surface area contributed by atoms with Gasteiger partial charge in [-0.15, -0.1) is 0 Å². The van der Waals surface area contributed by atoms with Gasteiger partial charge in [0.25, 0.3) is 0 Å². The minimum absolute atomic E-state index is 0.0164. The van der Waals surface area contributed by atoms with Gasteiger partial charge in [-0.2, -0.15) is 0 Å². The molecule has 17 heavy (non-hydrogen) atoms. The number of aromatic nitrogens is 1. The summed E-state index contributed by atoms with van der Waals surface area (Å²) in [4.78, 5) is 11.8. The van der Waals surface area contributed by atoms with Crippen LogP contribution < -0.4 is 0 Å². The molecule has 1 heterocycles. The van der Waals surface area contributed by atoms with Crippen LogP contribution in [0.1, 0.15) is 16.1 Å². The van der Waals surface area contributed by atoms with Crippen molar-refractivity contribution >= 4 is 44.3 Å². The Bertz CT molecular complexity index is 548. The van der Waals surface area contributed by atoms with Crippen molar-refractivity contribution in [2.45, 2.75) is 6.92 Å². The highest BCUT2D eigenvalue weighted by molar-refractivity contribution is 14.1. The van der Waals surface area contributed by atoms with Gasteiger partial charge < -0.3 is 4.52 Å². The minimum Gasteiger partial charge on any atom is -0.360 e. The summed E-state index contributed by atoms with van der Waals surface area (Å²) in [5.74, 6) is 0.542. The van der Waals surface area contributed by atoms with Gasteiger partial charge in [0.2, 0.25) is 0 Å². The summed E-state index contributed by atoms with van der Waals surface area (Å²) < 4.78 is 6.25. The smallest absolute Gasteiger partial charge is 0.179 e. The van der Waals surface area contributed by atoms with Crippen LogP contribution >= 0.6 is 38.5 Å². The topological polar surface area (TPSA) is 43.1 Å². The van der Waals surface area contributed by atoms with Crippen LogP contribution in [0.25, 0.3) is 11.3 Å². The number of ketones is 1. The molecule has 0 radical (unpaired) electrons. The van der Waals surface area contributed by atoms with Crippen LogP contribution in [0.4, 0.5) is 0 Å². The summed E-state index contributed by atoms with van der Waals surface area (Å²) in [5.41, 5.74) is 2.07. The molecule has 0 bridgehead atoms. The molecule has 5 heteroatoms. The summed E-state index contributed by atoms with van der Waals surface area (Å²) in [7, 11) is 0. The van der Waals surface area contributed by atoms with Crippen molar-refractivity contribution < 1.29 is 9.32 Å². The summed E-state index contributed by atoms with van der Waals surface area (Å²) in [5, 5.41) is 4.24. The average molecular weight is 406 g/mol. The number of hydrogen-bond donors (Lipinski definition) is 0. The number of rotatable bonds is 3. The van der Waals surface area contributed by atoms with Crippen LogP contribution in [0.3, 0.4) is 0 Å². The third-order valence-corrected chi connectivity index (χ3v) is 3.61. The normalized spacial score (nSPS) is 10.5. The molecule has 0 spiro atoms. The molecule has 0 atom stereocenters. The molecule has 1 aromatic carbocycles. The van der Waals surface area contributed by atoms with Crippen molar-refractivity contribution in [1.82, 2.24) is 5.16 Å². The van der Waals surface area contributed by atoms with Gasteiger partial charge in [0.1, 0.15) is 11.5 Å². The quantitative estimate of drug-likeness (QED) is 0.442. The van der Waals surface area contributed by atoms with E-state index in [0.717, 1.165) is 9.13 Å². The Labute approximate surface area is 121 Å². The highest BCUT2D eigenvalue weighted by Crippen LogP contribution is 2.26. The molecule has 2 rings (SSSR count). The molecule has 0 aliphatic carbocycles. The Balaban J connectivity index is 2.52. The fourth-order valence-electron chi connectivity index (χ4n) is 1.57. The third kappa shape index (κ3) is 2.60. The number of carbonyl (C=O) groups excluding carboxylic acids is 1. The summed E-state index contributed by atoms with van der Waals surface area (Å²) in [6.07, 6.45) is 0. The predicted octanol–water partition coefficient (Wildman–Crippen LogP) is 3.83. The van der Waals surface area contributed by atoms with E-state index in [4.69, 9.17) is 4.52 Å². The van der Waals surface area contributed by atoms with Gasteiger partial charge in [0, 0.05) is 9.13 Å². The molecular formula is C12H9BrINO2. The van der Waals surface area contributed by atoms with Crippen molar-refractivity contribution in [2.75, 3.05) is 5.33 Å². The van der Waals surface area contributed by atoms with E-state index in [1.807, 2.05) is 24.3 Å². The molecule has 0 amide bonds. The zero-order chi connectivity index (χ0) is 12.4. The molecule has 3 nitrogen and oxygen atoms in total. The molecule has 0 saturated carbocycles. The second kappa shape index (κ2) is 5.30. The van der Waals surface area contributed by atoms with E-state index in [9.17, 15) is 4.79 Å². The molecular weight excluding hydrogens is 397 g/mol. The second-order valence-corrected chi connectivity index (χ2v) is 5.33. The molecule has 0 unspecified atom stereocenters. The van der Waals surface area contributed by atoms with Crippen molar-refractivity contribution in [3.63, 3.8) is 0 Å². The Morgan fingerprint density at radius 2 is 2.06 bits per heavy atom. The van der Waals surface area contributed by atoms with Gasteiger partial charge in [-0.05, 0) is 41.6 Å². The van der Waals surface area contributed by atoms with Gasteiger partial charge in [-0.25, -0.2) is 0 Å². The summed E-state index contributed by atoms with van der Waals surface area (Å²) >= 11 is 5.40. The van der Waals surface area contributed by atoms with Gasteiger partial charge in [0.15, 0.2) is 5.78 Å². The van der Waals surface area contributed by atoms with Gasteiger partial charge in [0.05, 0.1) is 10.9 Å². The standard InChI is InChI=1S/C12H9BrINO2/c1-7-11(10(16)6-13)12(15-17-7)8-2-4-9(14)5-3-8/h2-5H,6H2,1H3. The lowest BCUT2D eigenvalue weighted by atomic mass is 10.0. The molecule has 0 saturated heterocycles. The average Bonchev–Trinajstić information content (AvgIpc) is 2.71. The maximum absolute atomic E-state index is 11.8. The zero-order valence-electron chi connectivity index (χ0n) is 9.04. The number of hydrogen-bond acceptors (Lipinski definition) is 3. The minimum atomic E-state index is -0.0164. The first-order valence-electron chi connectivity index (χ1n) is 4.95. The third-order valence-electron chi connectivity index (χ3n) is 2.38. The summed E-state index contributed by atoms with van der Waals surface area (Å²) in [6.45, 7) is 1.75. The highest BCUT2D eigenvalue weighted by Gasteiger charge is 2.20. The molecule has 0 fully saturated rings. The van der Waals surface area contributed by atoms with Crippen LogP contribution in [0, 0.1) is 10.5 Å². The van der Waals surface area contributed by atoms with E-state index in [-0.39, 0.29) is 11.1 Å². The largest absolute Gasteiger partial charge is 0.360 e. The van der Waals surface area contributed by atoms with Gasteiger partial charge >= 0.3 is 0 Å². The van der Waals surface area contributed by atoms with E-state index in [2.05, 4.69) is 43.7 Å². The van der Waals surface area contributed by atoms with Crippen LogP contribution in [0.15, 0.2) is 28.8 Å². The number of halogens is 2. The zero-order valence-corrected chi connectivity index (χ0v) is 12.8. The Kier molecular flexibility index (Phi) is 3.98. The molecule has 2 aromatic rings. The number of Topliss-reactive ketones (excluding diaryl/α,β-unsaturated/α-hetero) is 1. The van der Waals surface area contributed by atoms with Gasteiger partial charge in [-0.3, -0.25) is 4.79 Å². The monoisotopic (exact) mass is 405 g/mol. The van der Waals surface area contributed by atoms with Crippen molar-refractivity contribution in [3.05, 3.63) is 39.2 Å². The van der Waals surface area contributed by atoms with Crippen LogP contribution in [-0.2, 0) is 0 Å². The van der Waals surface area contributed by atoms with Crippen molar-refractivity contribution in [2.24, 2.45) is 0 Å². The number of benzene rings is 1. The lowest BCUT2D eigenvalue weighted by Gasteiger charge is -2.00. The van der Waals surface area contributed by atoms with E-state index >= 15 is 0 Å². The second-order valence-electron chi connectivity index (χ2n) is 3.53. The fraction of sp³-hybridized carbons (Fsp3) is 0.167. The number of carbonyl (C=O) groups is 1. The lowest BCUT2D eigenvalue weighted by Crippen LogP contribution is -2.02. The fourth-order valence-corrected chi connectivity index (χ4v) is 2.21. The van der Waals surface area contributed by atoms with Crippen LogP contribution in [0.2, 0.25) is 0 Å². The maximum atomic E-state index is 11.8. The molecule has 0 aliphatic rings. The van der Waals surface area contributed by atoms with Gasteiger partial charge in [-0.1, -0.05) is 33.2 Å². The van der Waals surface area contributed by atoms with Crippen LogP contribution in [0.5, 0.6) is 0 Å². The first-order valence-corrected chi connectivity index (χ1v) is 7.15. The highest BCUT2D eigenvalue weighted by atomic mass is 127. The van der Waals surface area contributed by atoms with E-state index < -0.39 is 0 Å². The Morgan fingerprint density at radius 3 is 2.65 bits per heavy atom. The van der Waals surface area contributed by atoms with Crippen LogP contribution in [-0.4, -0.2) is 16.3 Å². The lowest BCUT2D eigenvalue weighted by molar-refractivity contribution is 0.102. The number of nitrogens with zero attached hydrogens (tertiary/aromatic N) is 1. The van der Waals surface area contributed by atoms with Crippen molar-refractivity contribution in [1.29, 1.82) is 0 Å². The first-order chi connectivity index (χ1) is 8.13. The molecule has 0 N–H and O–H groups in total. The molecule has 0 aliphatic heterocycles. The summed E-state index contributed by atoms with van der Waals surface area (Å²) in [6, 6.07) is 7.82. The molecule has 88 valence electrons. The maximum Gasteiger partial charge on any atom is 0.179 e. The van der Waals surface area contributed by atoms with E-state index in [0.29, 0.717) is 17.0 Å². The Hall–Kier alpha value is -0.690. The van der Waals surface area contributed by atoms with Crippen molar-refractivity contribution in [3.8, 4) is 11.3 Å². The Morgan fingerprint density at radius 1 is 1.41 bits per heavy atom. The number of aryl methyl sites for hydroxylation is 1. The van der Waals surface area contributed by atoms with E-state index in [1.54, 1.807) is 6.92 Å². The first kappa shape index (κ1) is 12.8. The molecule has 1 aromatic heterocycles.